The summed E-state index contributed by atoms with van der Waals surface area (Å²) in [6.07, 6.45) is 8.29. The standard InChI is InChI=1S/C18H31N3O2/c1-3-7-14-8-4-12-20(14)18(23)16-10-6-13-21(16)17(22)15-9-5-11-19(15)2/h14-16H,3-13H2,1-2H3. The SMILES string of the molecule is CCCC1CCCN1C(=O)C1CCCN1C(=O)C1CCCN1C. The Hall–Kier alpha value is -1.10. The largest absolute Gasteiger partial charge is 0.338 e. The minimum atomic E-state index is -0.200. The zero-order valence-electron chi connectivity index (χ0n) is 14.7. The molecule has 3 rings (SSSR count). The Kier molecular flexibility index (Phi) is 5.24. The average Bonchev–Trinajstić information content (AvgIpc) is 3.26. The second-order valence-corrected chi connectivity index (χ2v) is 7.44. The maximum atomic E-state index is 13.1. The van der Waals surface area contributed by atoms with E-state index >= 15 is 0 Å². The Morgan fingerprint density at radius 3 is 2.17 bits per heavy atom. The Bertz CT molecular complexity index is 454. The number of likely N-dealkylation sites (tertiary alicyclic amines) is 3. The number of amides is 2. The van der Waals surface area contributed by atoms with Crippen LogP contribution in [0.25, 0.3) is 0 Å². The first-order chi connectivity index (χ1) is 11.1. The number of hydrogen-bond acceptors (Lipinski definition) is 3. The first kappa shape index (κ1) is 16.7. The second kappa shape index (κ2) is 7.20. The van der Waals surface area contributed by atoms with Crippen molar-refractivity contribution in [3.8, 4) is 0 Å². The van der Waals surface area contributed by atoms with Crippen LogP contribution in [0.2, 0.25) is 0 Å². The van der Waals surface area contributed by atoms with Gasteiger partial charge in [0.1, 0.15) is 6.04 Å². The molecule has 0 radical (unpaired) electrons. The van der Waals surface area contributed by atoms with Gasteiger partial charge in [0, 0.05) is 19.1 Å². The molecule has 5 heteroatoms. The van der Waals surface area contributed by atoms with Gasteiger partial charge in [0.25, 0.3) is 0 Å². The fourth-order valence-electron chi connectivity index (χ4n) is 4.65. The molecule has 2 amide bonds. The Balaban J connectivity index is 1.68. The van der Waals surface area contributed by atoms with E-state index in [2.05, 4.69) is 16.7 Å². The van der Waals surface area contributed by atoms with Gasteiger partial charge in [0.15, 0.2) is 0 Å². The van der Waals surface area contributed by atoms with E-state index in [0.29, 0.717) is 6.04 Å². The summed E-state index contributed by atoms with van der Waals surface area (Å²) in [7, 11) is 2.03. The first-order valence-electron chi connectivity index (χ1n) is 9.44. The smallest absolute Gasteiger partial charge is 0.245 e. The molecule has 3 unspecified atom stereocenters. The van der Waals surface area contributed by atoms with Crippen LogP contribution in [0, 0.1) is 0 Å². The predicted molar refractivity (Wildman–Crippen MR) is 90.0 cm³/mol. The quantitative estimate of drug-likeness (QED) is 0.794. The van der Waals surface area contributed by atoms with Gasteiger partial charge in [0.05, 0.1) is 6.04 Å². The molecule has 5 nitrogen and oxygen atoms in total. The van der Waals surface area contributed by atoms with Crippen LogP contribution in [0.1, 0.15) is 58.3 Å². The fourth-order valence-corrected chi connectivity index (χ4v) is 4.65. The van der Waals surface area contributed by atoms with E-state index in [-0.39, 0.29) is 23.9 Å². The van der Waals surface area contributed by atoms with Crippen molar-refractivity contribution in [1.29, 1.82) is 0 Å². The molecule has 130 valence electrons. The maximum Gasteiger partial charge on any atom is 0.245 e. The van der Waals surface area contributed by atoms with Crippen LogP contribution >= 0.6 is 0 Å². The van der Waals surface area contributed by atoms with E-state index in [4.69, 9.17) is 0 Å². The zero-order valence-corrected chi connectivity index (χ0v) is 14.7. The van der Waals surface area contributed by atoms with E-state index in [9.17, 15) is 9.59 Å². The van der Waals surface area contributed by atoms with Gasteiger partial charge in [-0.3, -0.25) is 14.5 Å². The fraction of sp³-hybridized carbons (Fsp3) is 0.889. The molecule has 0 N–H and O–H groups in total. The summed E-state index contributed by atoms with van der Waals surface area (Å²) < 4.78 is 0. The molecule has 0 aromatic heterocycles. The summed E-state index contributed by atoms with van der Waals surface area (Å²) in [6, 6.07) is 0.196. The highest BCUT2D eigenvalue weighted by Gasteiger charge is 2.42. The summed E-state index contributed by atoms with van der Waals surface area (Å²) in [6.45, 7) is 4.81. The van der Waals surface area contributed by atoms with Gasteiger partial charge >= 0.3 is 0 Å². The topological polar surface area (TPSA) is 43.9 Å². The molecule has 3 saturated heterocycles. The molecule has 3 atom stereocenters. The number of carbonyl (C=O) groups is 2. The third kappa shape index (κ3) is 3.25. The van der Waals surface area contributed by atoms with E-state index in [1.807, 2.05) is 11.9 Å². The molecule has 3 heterocycles. The van der Waals surface area contributed by atoms with Crippen LogP contribution in [0.4, 0.5) is 0 Å². The maximum absolute atomic E-state index is 13.1. The van der Waals surface area contributed by atoms with Gasteiger partial charge in [0.2, 0.25) is 11.8 Å². The van der Waals surface area contributed by atoms with Crippen LogP contribution in [0.15, 0.2) is 0 Å². The molecule has 3 aliphatic rings. The third-order valence-corrected chi connectivity index (χ3v) is 5.91. The first-order valence-corrected chi connectivity index (χ1v) is 9.44. The summed E-state index contributed by atoms with van der Waals surface area (Å²) in [5.74, 6) is 0.402. The summed E-state index contributed by atoms with van der Waals surface area (Å²) in [5, 5.41) is 0. The third-order valence-electron chi connectivity index (χ3n) is 5.91. The molecule has 0 aromatic rings. The van der Waals surface area contributed by atoms with Crippen molar-refractivity contribution in [3.63, 3.8) is 0 Å². The van der Waals surface area contributed by atoms with Gasteiger partial charge in [-0.1, -0.05) is 13.3 Å². The molecular weight excluding hydrogens is 290 g/mol. The van der Waals surface area contributed by atoms with Crippen molar-refractivity contribution >= 4 is 11.8 Å². The minimum absolute atomic E-state index is 0.00610. The van der Waals surface area contributed by atoms with Gasteiger partial charge in [-0.15, -0.1) is 0 Å². The minimum Gasteiger partial charge on any atom is -0.338 e. The number of hydrogen-bond donors (Lipinski definition) is 0. The monoisotopic (exact) mass is 321 g/mol. The number of rotatable bonds is 4. The van der Waals surface area contributed by atoms with Crippen LogP contribution < -0.4 is 0 Å². The highest BCUT2D eigenvalue weighted by atomic mass is 16.2. The normalized spacial score (nSPS) is 32.0. The molecule has 0 bridgehead atoms. The summed E-state index contributed by atoms with van der Waals surface area (Å²) in [4.78, 5) is 32.1. The van der Waals surface area contributed by atoms with E-state index < -0.39 is 0 Å². The number of nitrogens with zero attached hydrogens (tertiary/aromatic N) is 3. The lowest BCUT2D eigenvalue weighted by atomic mass is 10.1. The zero-order chi connectivity index (χ0) is 16.4. The second-order valence-electron chi connectivity index (χ2n) is 7.44. The molecule has 23 heavy (non-hydrogen) atoms. The van der Waals surface area contributed by atoms with Crippen LogP contribution in [-0.2, 0) is 9.59 Å². The van der Waals surface area contributed by atoms with Crippen molar-refractivity contribution in [3.05, 3.63) is 0 Å². The lowest BCUT2D eigenvalue weighted by Crippen LogP contribution is -2.53. The van der Waals surface area contributed by atoms with Crippen molar-refractivity contribution in [2.75, 3.05) is 26.7 Å². The number of likely N-dealkylation sites (N-methyl/N-ethyl adjacent to an activating group) is 1. The summed E-state index contributed by atoms with van der Waals surface area (Å²) in [5.41, 5.74) is 0. The van der Waals surface area contributed by atoms with Crippen LogP contribution in [0.3, 0.4) is 0 Å². The highest BCUT2D eigenvalue weighted by Crippen LogP contribution is 2.28. The van der Waals surface area contributed by atoms with Gasteiger partial charge < -0.3 is 9.80 Å². The van der Waals surface area contributed by atoms with Crippen molar-refractivity contribution in [1.82, 2.24) is 14.7 Å². The molecule has 0 aliphatic carbocycles. The van der Waals surface area contributed by atoms with Crippen molar-refractivity contribution in [2.45, 2.75) is 76.4 Å². The molecule has 0 saturated carbocycles. The Morgan fingerprint density at radius 2 is 1.48 bits per heavy atom. The van der Waals surface area contributed by atoms with Crippen LogP contribution in [0.5, 0.6) is 0 Å². The predicted octanol–water partition coefficient (Wildman–Crippen LogP) is 1.86. The number of carbonyl (C=O) groups excluding carboxylic acids is 2. The van der Waals surface area contributed by atoms with Gasteiger partial charge in [-0.2, -0.15) is 0 Å². The van der Waals surface area contributed by atoms with Crippen molar-refractivity contribution in [2.24, 2.45) is 0 Å². The Morgan fingerprint density at radius 1 is 0.870 bits per heavy atom. The average molecular weight is 321 g/mol. The van der Waals surface area contributed by atoms with Crippen molar-refractivity contribution < 1.29 is 9.59 Å². The van der Waals surface area contributed by atoms with Gasteiger partial charge in [-0.25, -0.2) is 0 Å². The van der Waals surface area contributed by atoms with E-state index in [1.165, 1.54) is 0 Å². The van der Waals surface area contributed by atoms with E-state index in [1.54, 1.807) is 0 Å². The van der Waals surface area contributed by atoms with E-state index in [0.717, 1.165) is 71.0 Å². The molecule has 0 spiro atoms. The van der Waals surface area contributed by atoms with Gasteiger partial charge in [-0.05, 0) is 58.5 Å². The summed E-state index contributed by atoms with van der Waals surface area (Å²) >= 11 is 0. The molecule has 3 aliphatic heterocycles. The van der Waals surface area contributed by atoms with Crippen LogP contribution in [-0.4, -0.2) is 71.3 Å². The lowest BCUT2D eigenvalue weighted by Gasteiger charge is -2.33. The molecule has 0 aromatic carbocycles. The molecule has 3 fully saturated rings. The molecular formula is C18H31N3O2. The highest BCUT2D eigenvalue weighted by molar-refractivity contribution is 5.90. The Labute approximate surface area is 140 Å². The lowest BCUT2D eigenvalue weighted by molar-refractivity contribution is -0.146.